The van der Waals surface area contributed by atoms with Crippen LogP contribution >= 0.6 is 24.8 Å². The molecule has 0 aromatic heterocycles. The number of rotatable bonds is 0. The molecular formula is C8H11Cl2N. The van der Waals surface area contributed by atoms with Crippen LogP contribution in [-0.2, 0) is 6.42 Å². The van der Waals surface area contributed by atoms with E-state index in [9.17, 15) is 0 Å². The lowest BCUT2D eigenvalue weighted by Gasteiger charge is -1.94. The second-order valence-corrected chi connectivity index (χ2v) is 2.33. The van der Waals surface area contributed by atoms with E-state index in [4.69, 9.17) is 0 Å². The van der Waals surface area contributed by atoms with E-state index in [1.807, 2.05) is 0 Å². The first-order valence-corrected chi connectivity index (χ1v) is 3.28. The maximum absolute atomic E-state index is 3.30. The number of benzene rings is 1. The SMILES string of the molecule is Cl.Cl.c1ccc2c(c1)CCN2. The topological polar surface area (TPSA) is 12.0 Å². The molecule has 3 heteroatoms. The summed E-state index contributed by atoms with van der Waals surface area (Å²) in [6.07, 6.45) is 1.19. The molecule has 62 valence electrons. The fourth-order valence-electron chi connectivity index (χ4n) is 1.24. The van der Waals surface area contributed by atoms with E-state index >= 15 is 0 Å². The maximum atomic E-state index is 3.30. The largest absolute Gasteiger partial charge is 0.384 e. The van der Waals surface area contributed by atoms with E-state index in [-0.39, 0.29) is 24.8 Å². The second-order valence-electron chi connectivity index (χ2n) is 2.33. The van der Waals surface area contributed by atoms with Crippen LogP contribution in [0.25, 0.3) is 0 Å². The molecular weight excluding hydrogens is 181 g/mol. The molecule has 0 aliphatic carbocycles. The normalized spacial score (nSPS) is 12.0. The van der Waals surface area contributed by atoms with E-state index < -0.39 is 0 Å². The maximum Gasteiger partial charge on any atom is 0.0373 e. The first-order valence-electron chi connectivity index (χ1n) is 3.28. The van der Waals surface area contributed by atoms with Crippen molar-refractivity contribution in [3.63, 3.8) is 0 Å². The Morgan fingerprint density at radius 1 is 1.09 bits per heavy atom. The summed E-state index contributed by atoms with van der Waals surface area (Å²) in [6, 6.07) is 8.46. The van der Waals surface area contributed by atoms with E-state index in [0.29, 0.717) is 0 Å². The van der Waals surface area contributed by atoms with Gasteiger partial charge < -0.3 is 5.32 Å². The number of anilines is 1. The van der Waals surface area contributed by atoms with Crippen molar-refractivity contribution in [2.75, 3.05) is 11.9 Å². The Balaban J connectivity index is 0.000000500. The van der Waals surface area contributed by atoms with Gasteiger partial charge in [0.1, 0.15) is 0 Å². The smallest absolute Gasteiger partial charge is 0.0373 e. The van der Waals surface area contributed by atoms with Crippen molar-refractivity contribution in [3.8, 4) is 0 Å². The fourth-order valence-corrected chi connectivity index (χ4v) is 1.24. The quantitative estimate of drug-likeness (QED) is 0.665. The van der Waals surface area contributed by atoms with Crippen LogP contribution < -0.4 is 5.32 Å². The minimum absolute atomic E-state index is 0. The van der Waals surface area contributed by atoms with E-state index in [1.165, 1.54) is 17.7 Å². The molecule has 1 aromatic rings. The minimum Gasteiger partial charge on any atom is -0.384 e. The Kier molecular flexibility index (Phi) is 4.31. The fraction of sp³-hybridized carbons (Fsp3) is 0.250. The van der Waals surface area contributed by atoms with Crippen LogP contribution in [0.5, 0.6) is 0 Å². The van der Waals surface area contributed by atoms with Crippen LogP contribution in [0.2, 0.25) is 0 Å². The van der Waals surface area contributed by atoms with Crippen molar-refractivity contribution in [2.24, 2.45) is 0 Å². The highest BCUT2D eigenvalue weighted by atomic mass is 35.5. The summed E-state index contributed by atoms with van der Waals surface area (Å²) in [6.45, 7) is 1.11. The van der Waals surface area contributed by atoms with Crippen LogP contribution in [0.3, 0.4) is 0 Å². The average molecular weight is 192 g/mol. The van der Waals surface area contributed by atoms with Gasteiger partial charge in [0.05, 0.1) is 0 Å². The van der Waals surface area contributed by atoms with Gasteiger partial charge in [-0.3, -0.25) is 0 Å². The Morgan fingerprint density at radius 3 is 2.55 bits per heavy atom. The van der Waals surface area contributed by atoms with E-state index in [1.54, 1.807) is 0 Å². The third kappa shape index (κ3) is 2.01. The predicted octanol–water partition coefficient (Wildman–Crippen LogP) is 2.50. The Labute approximate surface area is 79.0 Å². The minimum atomic E-state index is 0. The number of para-hydroxylation sites is 1. The standard InChI is InChI=1S/C8H9N.2ClH/c1-2-4-8-7(3-1)5-6-9-8;;/h1-4,9H,5-6H2;2*1H. The zero-order chi connectivity index (χ0) is 6.10. The first-order chi connectivity index (χ1) is 4.47. The molecule has 1 aliphatic rings. The molecule has 1 N–H and O–H groups in total. The van der Waals surface area contributed by atoms with Crippen LogP contribution in [0.1, 0.15) is 5.56 Å². The average Bonchev–Trinajstić information content (AvgIpc) is 2.33. The van der Waals surface area contributed by atoms with E-state index in [2.05, 4.69) is 29.6 Å². The molecule has 0 fully saturated rings. The summed E-state index contributed by atoms with van der Waals surface area (Å²) in [5.41, 5.74) is 2.77. The van der Waals surface area contributed by atoms with Gasteiger partial charge >= 0.3 is 0 Å². The first kappa shape index (κ1) is 10.6. The molecule has 0 amide bonds. The van der Waals surface area contributed by atoms with Crippen molar-refractivity contribution in [3.05, 3.63) is 29.8 Å². The monoisotopic (exact) mass is 191 g/mol. The van der Waals surface area contributed by atoms with Gasteiger partial charge in [-0.15, -0.1) is 24.8 Å². The van der Waals surface area contributed by atoms with Gasteiger partial charge in [-0.1, -0.05) is 18.2 Å². The number of hydrogen-bond acceptors (Lipinski definition) is 1. The van der Waals surface area contributed by atoms with Crippen molar-refractivity contribution in [2.45, 2.75) is 6.42 Å². The highest BCUT2D eigenvalue weighted by Crippen LogP contribution is 2.19. The summed E-state index contributed by atoms with van der Waals surface area (Å²) in [5, 5.41) is 3.30. The van der Waals surface area contributed by atoms with Gasteiger partial charge in [0.15, 0.2) is 0 Å². The van der Waals surface area contributed by atoms with Gasteiger partial charge in [-0.25, -0.2) is 0 Å². The molecule has 2 rings (SSSR count). The molecule has 0 bridgehead atoms. The zero-order valence-electron chi connectivity index (χ0n) is 6.04. The summed E-state index contributed by atoms with van der Waals surface area (Å²) >= 11 is 0. The van der Waals surface area contributed by atoms with E-state index in [0.717, 1.165) is 6.54 Å². The lowest BCUT2D eigenvalue weighted by molar-refractivity contribution is 1.11. The summed E-state index contributed by atoms with van der Waals surface area (Å²) < 4.78 is 0. The molecule has 1 aromatic carbocycles. The van der Waals surface area contributed by atoms with Crippen LogP contribution in [0.4, 0.5) is 5.69 Å². The van der Waals surface area contributed by atoms with Crippen molar-refractivity contribution in [1.29, 1.82) is 0 Å². The highest BCUT2D eigenvalue weighted by Gasteiger charge is 2.05. The third-order valence-corrected chi connectivity index (χ3v) is 1.73. The van der Waals surface area contributed by atoms with Crippen LogP contribution in [0, 0.1) is 0 Å². The number of hydrogen-bond donors (Lipinski definition) is 1. The van der Waals surface area contributed by atoms with Gasteiger partial charge in [-0.2, -0.15) is 0 Å². The Hall–Kier alpha value is -0.400. The Bertz CT molecular complexity index is 202. The molecule has 0 unspecified atom stereocenters. The van der Waals surface area contributed by atoms with Crippen LogP contribution in [-0.4, -0.2) is 6.54 Å². The molecule has 0 saturated carbocycles. The van der Waals surface area contributed by atoms with Gasteiger partial charge in [0.25, 0.3) is 0 Å². The van der Waals surface area contributed by atoms with Gasteiger partial charge in [0.2, 0.25) is 0 Å². The predicted molar refractivity (Wildman–Crippen MR) is 53.1 cm³/mol. The van der Waals surface area contributed by atoms with Crippen molar-refractivity contribution in [1.82, 2.24) is 0 Å². The lowest BCUT2D eigenvalue weighted by Crippen LogP contribution is -1.90. The molecule has 0 radical (unpaired) electrons. The third-order valence-electron chi connectivity index (χ3n) is 1.73. The summed E-state index contributed by atoms with van der Waals surface area (Å²) in [7, 11) is 0. The number of fused-ring (bicyclic) bond motifs is 1. The molecule has 11 heavy (non-hydrogen) atoms. The molecule has 0 spiro atoms. The van der Waals surface area contributed by atoms with Crippen molar-refractivity contribution < 1.29 is 0 Å². The lowest BCUT2D eigenvalue weighted by atomic mass is 10.2. The molecule has 1 heterocycles. The second kappa shape index (κ2) is 4.47. The number of halogens is 2. The molecule has 1 nitrogen and oxygen atoms in total. The zero-order valence-corrected chi connectivity index (χ0v) is 7.67. The number of nitrogens with one attached hydrogen (secondary N) is 1. The molecule has 1 aliphatic heterocycles. The summed E-state index contributed by atoms with van der Waals surface area (Å²) in [4.78, 5) is 0. The van der Waals surface area contributed by atoms with Crippen molar-refractivity contribution >= 4 is 30.5 Å². The van der Waals surface area contributed by atoms with Gasteiger partial charge in [-0.05, 0) is 18.1 Å². The Morgan fingerprint density at radius 2 is 1.82 bits per heavy atom. The highest BCUT2D eigenvalue weighted by molar-refractivity contribution is 5.85. The van der Waals surface area contributed by atoms with Crippen LogP contribution in [0.15, 0.2) is 24.3 Å². The summed E-state index contributed by atoms with van der Waals surface area (Å²) in [5.74, 6) is 0. The van der Waals surface area contributed by atoms with Gasteiger partial charge in [0, 0.05) is 12.2 Å². The molecule has 0 saturated heterocycles. The molecule has 0 atom stereocenters.